The lowest BCUT2D eigenvalue weighted by atomic mass is 9.80. The van der Waals surface area contributed by atoms with E-state index in [2.05, 4.69) is 18.7 Å². The molecule has 0 bridgehead atoms. The first-order chi connectivity index (χ1) is 9.49. The molecule has 2 fully saturated rings. The number of carboxylic acid groups (broad SMARTS) is 1. The van der Waals surface area contributed by atoms with Gasteiger partial charge in [-0.15, -0.1) is 0 Å². The van der Waals surface area contributed by atoms with Crippen molar-refractivity contribution in [1.82, 2.24) is 9.80 Å². The van der Waals surface area contributed by atoms with Gasteiger partial charge in [0.15, 0.2) is 0 Å². The minimum atomic E-state index is -0.743. The van der Waals surface area contributed by atoms with Crippen molar-refractivity contribution >= 4 is 11.9 Å². The van der Waals surface area contributed by atoms with E-state index in [-0.39, 0.29) is 17.7 Å². The minimum absolute atomic E-state index is 0.0737. The maximum atomic E-state index is 12.5. The molecular weight excluding hydrogens is 256 g/mol. The molecule has 5 heteroatoms. The zero-order valence-electron chi connectivity index (χ0n) is 12.5. The maximum absolute atomic E-state index is 12.5. The second-order valence-corrected chi connectivity index (χ2v) is 6.35. The van der Waals surface area contributed by atoms with Gasteiger partial charge in [-0.05, 0) is 33.1 Å². The highest BCUT2D eigenvalue weighted by Gasteiger charge is 2.34. The zero-order valence-corrected chi connectivity index (χ0v) is 12.5. The molecule has 0 aromatic carbocycles. The van der Waals surface area contributed by atoms with Crippen molar-refractivity contribution in [2.75, 3.05) is 26.2 Å². The Morgan fingerprint density at radius 2 is 1.65 bits per heavy atom. The number of nitrogens with zero attached hydrogens (tertiary/aromatic N) is 2. The molecule has 1 N–H and O–H groups in total. The molecule has 20 heavy (non-hydrogen) atoms. The van der Waals surface area contributed by atoms with Crippen molar-refractivity contribution in [2.24, 2.45) is 11.8 Å². The molecule has 5 nitrogen and oxygen atoms in total. The lowest BCUT2D eigenvalue weighted by molar-refractivity contribution is -0.146. The molecule has 2 atom stereocenters. The van der Waals surface area contributed by atoms with E-state index in [9.17, 15) is 9.59 Å². The number of piperazine rings is 1. The number of amides is 1. The van der Waals surface area contributed by atoms with Gasteiger partial charge in [-0.1, -0.05) is 6.42 Å². The largest absolute Gasteiger partial charge is 0.481 e. The van der Waals surface area contributed by atoms with Crippen molar-refractivity contribution in [3.8, 4) is 0 Å². The third-order valence-corrected chi connectivity index (χ3v) is 4.73. The fraction of sp³-hybridized carbons (Fsp3) is 0.867. The molecule has 2 aliphatic rings. The van der Waals surface area contributed by atoms with Crippen LogP contribution in [0.1, 0.15) is 39.5 Å². The van der Waals surface area contributed by atoms with Gasteiger partial charge in [0.05, 0.1) is 5.92 Å². The summed E-state index contributed by atoms with van der Waals surface area (Å²) >= 11 is 0. The predicted molar refractivity (Wildman–Crippen MR) is 76.4 cm³/mol. The average molecular weight is 282 g/mol. The Kier molecular flexibility index (Phi) is 5.02. The van der Waals surface area contributed by atoms with Crippen LogP contribution in [0.2, 0.25) is 0 Å². The molecule has 0 spiro atoms. The Hall–Kier alpha value is -1.10. The number of carboxylic acids is 1. The summed E-state index contributed by atoms with van der Waals surface area (Å²) in [5, 5.41) is 9.11. The highest BCUT2D eigenvalue weighted by atomic mass is 16.4. The first kappa shape index (κ1) is 15.3. The van der Waals surface area contributed by atoms with Gasteiger partial charge in [0, 0.05) is 38.1 Å². The van der Waals surface area contributed by atoms with Gasteiger partial charge in [0.25, 0.3) is 0 Å². The van der Waals surface area contributed by atoms with E-state index >= 15 is 0 Å². The van der Waals surface area contributed by atoms with Crippen LogP contribution < -0.4 is 0 Å². The highest BCUT2D eigenvalue weighted by Crippen LogP contribution is 2.30. The van der Waals surface area contributed by atoms with Gasteiger partial charge >= 0.3 is 5.97 Å². The normalized spacial score (nSPS) is 28.6. The summed E-state index contributed by atoms with van der Waals surface area (Å²) in [7, 11) is 0. The molecule has 0 aromatic heterocycles. The van der Waals surface area contributed by atoms with Crippen molar-refractivity contribution in [2.45, 2.75) is 45.6 Å². The summed E-state index contributed by atoms with van der Waals surface area (Å²) in [5.41, 5.74) is 0. The fourth-order valence-electron chi connectivity index (χ4n) is 3.36. The number of carbonyl (C=O) groups excluding carboxylic acids is 1. The van der Waals surface area contributed by atoms with Gasteiger partial charge in [0.1, 0.15) is 0 Å². The van der Waals surface area contributed by atoms with Crippen LogP contribution in [0.5, 0.6) is 0 Å². The molecule has 1 amide bonds. The van der Waals surface area contributed by atoms with Crippen LogP contribution >= 0.6 is 0 Å². The monoisotopic (exact) mass is 282 g/mol. The van der Waals surface area contributed by atoms with E-state index in [1.54, 1.807) is 0 Å². The van der Waals surface area contributed by atoms with Crippen LogP contribution in [0.3, 0.4) is 0 Å². The molecule has 0 aromatic rings. The Morgan fingerprint density at radius 3 is 2.20 bits per heavy atom. The number of rotatable bonds is 3. The molecule has 1 saturated heterocycles. The molecule has 1 aliphatic carbocycles. The molecule has 114 valence electrons. The maximum Gasteiger partial charge on any atom is 0.306 e. The number of hydrogen-bond acceptors (Lipinski definition) is 3. The van der Waals surface area contributed by atoms with Crippen LogP contribution in [0.15, 0.2) is 0 Å². The van der Waals surface area contributed by atoms with Crippen LogP contribution in [-0.4, -0.2) is 59.0 Å². The van der Waals surface area contributed by atoms with Crippen LogP contribution in [0, 0.1) is 11.8 Å². The minimum Gasteiger partial charge on any atom is -0.481 e. The Morgan fingerprint density at radius 1 is 1.05 bits per heavy atom. The molecule has 2 rings (SSSR count). The third kappa shape index (κ3) is 3.51. The van der Waals surface area contributed by atoms with E-state index in [0.29, 0.717) is 12.5 Å². The summed E-state index contributed by atoms with van der Waals surface area (Å²) in [6.07, 6.45) is 2.96. The zero-order chi connectivity index (χ0) is 14.7. The van der Waals surface area contributed by atoms with Gasteiger partial charge in [-0.2, -0.15) is 0 Å². The second-order valence-electron chi connectivity index (χ2n) is 6.35. The Balaban J connectivity index is 1.87. The second kappa shape index (κ2) is 6.57. The fourth-order valence-corrected chi connectivity index (χ4v) is 3.36. The van der Waals surface area contributed by atoms with E-state index < -0.39 is 5.97 Å². The number of hydrogen-bond donors (Lipinski definition) is 1. The van der Waals surface area contributed by atoms with Gasteiger partial charge in [-0.25, -0.2) is 0 Å². The molecule has 1 heterocycles. The van der Waals surface area contributed by atoms with E-state index in [1.165, 1.54) is 0 Å². The highest BCUT2D eigenvalue weighted by molar-refractivity contribution is 5.80. The summed E-state index contributed by atoms with van der Waals surface area (Å²) in [4.78, 5) is 27.9. The first-order valence-electron chi connectivity index (χ1n) is 7.74. The van der Waals surface area contributed by atoms with Crippen molar-refractivity contribution in [3.05, 3.63) is 0 Å². The number of carbonyl (C=O) groups is 2. The topological polar surface area (TPSA) is 60.9 Å². The predicted octanol–water partition coefficient (Wildman–Crippen LogP) is 1.43. The quantitative estimate of drug-likeness (QED) is 0.850. The van der Waals surface area contributed by atoms with Gasteiger partial charge < -0.3 is 10.0 Å². The molecule has 0 radical (unpaired) electrons. The lowest BCUT2D eigenvalue weighted by Gasteiger charge is -2.39. The van der Waals surface area contributed by atoms with E-state index in [4.69, 9.17) is 5.11 Å². The standard InChI is InChI=1S/C15H26N2O3/c1-11(2)16-6-8-17(9-7-16)14(18)12-4-3-5-13(10-12)15(19)20/h11-13H,3-10H2,1-2H3,(H,19,20). The smallest absolute Gasteiger partial charge is 0.306 e. The molecule has 1 saturated carbocycles. The average Bonchev–Trinajstić information content (AvgIpc) is 2.46. The Labute approximate surface area is 120 Å². The van der Waals surface area contributed by atoms with Crippen LogP contribution in [0.4, 0.5) is 0 Å². The van der Waals surface area contributed by atoms with Crippen molar-refractivity contribution in [3.63, 3.8) is 0 Å². The summed E-state index contributed by atoms with van der Waals surface area (Å²) < 4.78 is 0. The van der Waals surface area contributed by atoms with Crippen LogP contribution in [-0.2, 0) is 9.59 Å². The van der Waals surface area contributed by atoms with Crippen molar-refractivity contribution in [1.29, 1.82) is 0 Å². The SMILES string of the molecule is CC(C)N1CCN(C(=O)C2CCCC(C(=O)O)C2)CC1. The molecular formula is C15H26N2O3. The summed E-state index contributed by atoms with van der Waals surface area (Å²) in [6, 6.07) is 0.526. The third-order valence-electron chi connectivity index (χ3n) is 4.73. The molecule has 2 unspecified atom stereocenters. The van der Waals surface area contributed by atoms with E-state index in [0.717, 1.165) is 45.4 Å². The number of aliphatic carboxylic acids is 1. The summed E-state index contributed by atoms with van der Waals surface area (Å²) in [5.74, 6) is -0.961. The van der Waals surface area contributed by atoms with E-state index in [1.807, 2.05) is 4.90 Å². The lowest BCUT2D eigenvalue weighted by Crippen LogP contribution is -2.52. The van der Waals surface area contributed by atoms with Gasteiger partial charge in [0.2, 0.25) is 5.91 Å². The summed E-state index contributed by atoms with van der Waals surface area (Å²) in [6.45, 7) is 7.78. The first-order valence-corrected chi connectivity index (χ1v) is 7.74. The Bertz CT molecular complexity index is 362. The van der Waals surface area contributed by atoms with Gasteiger partial charge in [-0.3, -0.25) is 14.5 Å². The van der Waals surface area contributed by atoms with Crippen molar-refractivity contribution < 1.29 is 14.7 Å². The van der Waals surface area contributed by atoms with Crippen LogP contribution in [0.25, 0.3) is 0 Å². The molecule has 1 aliphatic heterocycles.